The molecule has 0 bridgehead atoms. The summed E-state index contributed by atoms with van der Waals surface area (Å²) in [6, 6.07) is 0.00611. The second-order valence-electron chi connectivity index (χ2n) is 4.74. The molecule has 20 heavy (non-hydrogen) atoms. The molecule has 0 aliphatic rings. The van der Waals surface area contributed by atoms with Gasteiger partial charge >= 0.3 is 5.69 Å². The van der Waals surface area contributed by atoms with E-state index in [0.29, 0.717) is 23.9 Å². The number of rotatable bonds is 5. The average Bonchev–Trinajstić information content (AvgIpc) is 2.90. The zero-order chi connectivity index (χ0) is 14.9. The van der Waals surface area contributed by atoms with Crippen molar-refractivity contribution in [3.63, 3.8) is 0 Å². The minimum Gasteiger partial charge on any atom is -0.384 e. The van der Waals surface area contributed by atoms with Gasteiger partial charge < -0.3 is 11.1 Å². The number of aryl methyl sites for hydroxylation is 1. The first-order valence-electron chi connectivity index (χ1n) is 6.17. The third kappa shape index (κ3) is 2.42. The molecule has 0 aliphatic heterocycles. The molecular weight excluding hydrogens is 262 g/mol. The number of nitrogens with zero attached hydrogens (tertiary/aromatic N) is 4. The Balaban J connectivity index is 2.34. The maximum Gasteiger partial charge on any atom is 0.333 e. The summed E-state index contributed by atoms with van der Waals surface area (Å²) in [4.78, 5) is 10.7. The van der Waals surface area contributed by atoms with Crippen molar-refractivity contribution in [1.82, 2.24) is 20.0 Å². The summed E-state index contributed by atoms with van der Waals surface area (Å²) in [7, 11) is 0. The summed E-state index contributed by atoms with van der Waals surface area (Å²) in [6.45, 7) is 5.77. The van der Waals surface area contributed by atoms with Crippen molar-refractivity contribution in [2.45, 2.75) is 33.4 Å². The van der Waals surface area contributed by atoms with Gasteiger partial charge in [0.15, 0.2) is 0 Å². The van der Waals surface area contributed by atoms with Crippen molar-refractivity contribution in [2.75, 3.05) is 11.1 Å². The predicted molar refractivity (Wildman–Crippen MR) is 74.3 cm³/mol. The zero-order valence-corrected chi connectivity index (χ0v) is 11.5. The highest BCUT2D eigenvalue weighted by atomic mass is 16.6. The van der Waals surface area contributed by atoms with E-state index in [4.69, 9.17) is 5.73 Å². The van der Waals surface area contributed by atoms with Crippen LogP contribution in [0.25, 0.3) is 0 Å². The highest BCUT2D eigenvalue weighted by Gasteiger charge is 2.26. The van der Waals surface area contributed by atoms with Gasteiger partial charge in [-0.05, 0) is 20.8 Å². The van der Waals surface area contributed by atoms with Crippen LogP contribution in [-0.4, -0.2) is 24.9 Å². The summed E-state index contributed by atoms with van der Waals surface area (Å²) in [5.74, 6) is 0.815. The number of nitrogens with one attached hydrogen (secondary N) is 2. The van der Waals surface area contributed by atoms with Crippen molar-refractivity contribution in [2.24, 2.45) is 0 Å². The fourth-order valence-corrected chi connectivity index (χ4v) is 1.94. The van der Waals surface area contributed by atoms with Gasteiger partial charge in [0.1, 0.15) is 11.5 Å². The van der Waals surface area contributed by atoms with Gasteiger partial charge in [-0.25, -0.2) is 4.68 Å². The van der Waals surface area contributed by atoms with E-state index >= 15 is 0 Å². The number of hydrogen-bond donors (Lipinski definition) is 3. The Morgan fingerprint density at radius 3 is 2.80 bits per heavy atom. The van der Waals surface area contributed by atoms with Crippen molar-refractivity contribution < 1.29 is 4.92 Å². The Bertz CT molecular complexity index is 629. The van der Waals surface area contributed by atoms with Crippen LogP contribution in [0.4, 0.5) is 17.3 Å². The topological polar surface area (TPSA) is 128 Å². The summed E-state index contributed by atoms with van der Waals surface area (Å²) >= 11 is 0. The monoisotopic (exact) mass is 279 g/mol. The molecule has 2 aromatic rings. The molecule has 0 amide bonds. The number of aromatic amines is 1. The number of H-pyrrole nitrogens is 1. The highest BCUT2D eigenvalue weighted by molar-refractivity contribution is 5.60. The molecule has 0 radical (unpaired) electrons. The SMILES string of the molecule is Cc1nn(C(C)C)c(NCc2cn[nH]c2N)c1[N+](=O)[O-]. The fourth-order valence-electron chi connectivity index (χ4n) is 1.94. The number of nitrogen functional groups attached to an aromatic ring is 1. The van der Waals surface area contributed by atoms with Gasteiger partial charge in [-0.15, -0.1) is 0 Å². The molecule has 0 saturated heterocycles. The zero-order valence-electron chi connectivity index (χ0n) is 11.5. The Morgan fingerprint density at radius 2 is 2.30 bits per heavy atom. The number of nitrogens with two attached hydrogens (primary N) is 1. The lowest BCUT2D eigenvalue weighted by Gasteiger charge is -2.11. The first-order chi connectivity index (χ1) is 9.41. The van der Waals surface area contributed by atoms with Gasteiger partial charge in [0.05, 0.1) is 11.1 Å². The van der Waals surface area contributed by atoms with E-state index in [2.05, 4.69) is 20.6 Å². The van der Waals surface area contributed by atoms with Gasteiger partial charge in [0.25, 0.3) is 0 Å². The first kappa shape index (κ1) is 13.8. The maximum absolute atomic E-state index is 11.2. The van der Waals surface area contributed by atoms with Gasteiger partial charge in [-0.2, -0.15) is 10.2 Å². The average molecular weight is 279 g/mol. The van der Waals surface area contributed by atoms with Crippen LogP contribution in [-0.2, 0) is 6.54 Å². The van der Waals surface area contributed by atoms with Crippen LogP contribution >= 0.6 is 0 Å². The smallest absolute Gasteiger partial charge is 0.333 e. The van der Waals surface area contributed by atoms with E-state index in [1.807, 2.05) is 13.8 Å². The van der Waals surface area contributed by atoms with Crippen LogP contribution < -0.4 is 11.1 Å². The molecule has 4 N–H and O–H groups in total. The molecule has 2 heterocycles. The lowest BCUT2D eigenvalue weighted by molar-refractivity contribution is -0.384. The Labute approximate surface area is 115 Å². The minimum atomic E-state index is -0.428. The molecule has 0 fully saturated rings. The normalized spacial score (nSPS) is 11.0. The molecule has 0 unspecified atom stereocenters. The lowest BCUT2D eigenvalue weighted by Crippen LogP contribution is -2.11. The number of aromatic nitrogens is 4. The Kier molecular flexibility index (Phi) is 3.59. The van der Waals surface area contributed by atoms with Crippen molar-refractivity contribution >= 4 is 17.3 Å². The third-order valence-electron chi connectivity index (χ3n) is 2.92. The molecule has 0 saturated carbocycles. The molecule has 0 spiro atoms. The van der Waals surface area contributed by atoms with Crippen molar-refractivity contribution in [1.29, 1.82) is 0 Å². The molecule has 9 nitrogen and oxygen atoms in total. The highest BCUT2D eigenvalue weighted by Crippen LogP contribution is 2.31. The van der Waals surface area contributed by atoms with Gasteiger partial charge in [0.2, 0.25) is 5.82 Å². The molecule has 0 atom stereocenters. The van der Waals surface area contributed by atoms with E-state index in [1.165, 1.54) is 0 Å². The van der Waals surface area contributed by atoms with Crippen LogP contribution in [0.1, 0.15) is 31.1 Å². The van der Waals surface area contributed by atoms with Gasteiger partial charge in [0, 0.05) is 18.2 Å². The molecule has 2 rings (SSSR count). The first-order valence-corrected chi connectivity index (χ1v) is 6.17. The summed E-state index contributed by atoms with van der Waals surface area (Å²) in [5, 5.41) is 24.8. The fraction of sp³-hybridized carbons (Fsp3) is 0.455. The minimum absolute atomic E-state index is 0.00611. The van der Waals surface area contributed by atoms with Gasteiger partial charge in [-0.3, -0.25) is 15.2 Å². The van der Waals surface area contributed by atoms with Gasteiger partial charge in [-0.1, -0.05) is 0 Å². The molecule has 108 valence electrons. The Hall–Kier alpha value is -2.58. The Morgan fingerprint density at radius 1 is 1.60 bits per heavy atom. The van der Waals surface area contributed by atoms with Crippen LogP contribution in [0.3, 0.4) is 0 Å². The molecular formula is C11H17N7O2. The lowest BCUT2D eigenvalue weighted by atomic mass is 10.3. The van der Waals surface area contributed by atoms with Crippen molar-refractivity contribution in [3.05, 3.63) is 27.6 Å². The van der Waals surface area contributed by atoms with E-state index < -0.39 is 4.92 Å². The second kappa shape index (κ2) is 5.19. The third-order valence-corrected chi connectivity index (χ3v) is 2.92. The quantitative estimate of drug-likeness (QED) is 0.563. The summed E-state index contributed by atoms with van der Waals surface area (Å²) in [6.07, 6.45) is 1.58. The maximum atomic E-state index is 11.2. The molecule has 0 aliphatic carbocycles. The molecule has 2 aromatic heterocycles. The standard InChI is InChI=1S/C11H17N7O2/c1-6(2)17-11(9(18(19)20)7(3)16-17)13-4-8-5-14-15-10(8)12/h5-6,13H,4H2,1-3H3,(H3,12,14,15). The van der Waals surface area contributed by atoms with E-state index in [-0.39, 0.29) is 11.7 Å². The predicted octanol–water partition coefficient (Wildman–Crippen LogP) is 1.60. The second-order valence-corrected chi connectivity index (χ2v) is 4.74. The summed E-state index contributed by atoms with van der Waals surface area (Å²) in [5.41, 5.74) is 6.80. The largest absolute Gasteiger partial charge is 0.384 e. The number of nitro groups is 1. The van der Waals surface area contributed by atoms with Crippen molar-refractivity contribution in [3.8, 4) is 0 Å². The van der Waals surface area contributed by atoms with E-state index in [9.17, 15) is 10.1 Å². The summed E-state index contributed by atoms with van der Waals surface area (Å²) < 4.78 is 1.60. The van der Waals surface area contributed by atoms with Crippen LogP contribution in [0.2, 0.25) is 0 Å². The van der Waals surface area contributed by atoms with E-state index in [1.54, 1.807) is 17.8 Å². The molecule has 0 aromatic carbocycles. The molecule has 9 heteroatoms. The van der Waals surface area contributed by atoms with Crippen LogP contribution in [0.5, 0.6) is 0 Å². The number of anilines is 2. The van der Waals surface area contributed by atoms with Crippen LogP contribution in [0.15, 0.2) is 6.20 Å². The van der Waals surface area contributed by atoms with E-state index in [0.717, 1.165) is 5.56 Å². The van der Waals surface area contributed by atoms with Crippen LogP contribution in [0, 0.1) is 17.0 Å². The number of hydrogen-bond acceptors (Lipinski definition) is 6.